The van der Waals surface area contributed by atoms with E-state index in [1.807, 2.05) is 11.8 Å². The second-order valence-electron chi connectivity index (χ2n) is 3.97. The number of hydrogen-bond acceptors (Lipinski definition) is 4. The van der Waals surface area contributed by atoms with E-state index in [9.17, 15) is 8.42 Å². The molecule has 1 N–H and O–H groups in total. The molecule has 1 unspecified atom stereocenters. The van der Waals surface area contributed by atoms with Crippen LogP contribution < -0.4 is 5.32 Å². The number of sulfone groups is 1. The lowest BCUT2D eigenvalue weighted by Gasteiger charge is -2.10. The van der Waals surface area contributed by atoms with Crippen molar-refractivity contribution in [2.45, 2.75) is 31.6 Å². The number of nitrogens with one attached hydrogen (secondary N) is 1. The number of hydrogen-bond donors (Lipinski definition) is 1. The summed E-state index contributed by atoms with van der Waals surface area (Å²) in [6, 6.07) is 0.202. The Labute approximate surface area is 91.0 Å². The second kappa shape index (κ2) is 5.37. The molecule has 0 bridgehead atoms. The fraction of sp³-hybridized carbons (Fsp3) is 1.00. The molecule has 0 aromatic heterocycles. The minimum atomic E-state index is -2.72. The molecule has 84 valence electrons. The fourth-order valence-electron chi connectivity index (χ4n) is 1.51. The van der Waals surface area contributed by atoms with Crippen molar-refractivity contribution >= 4 is 21.6 Å². The molecule has 1 saturated heterocycles. The Bertz CT molecular complexity index is 262. The minimum absolute atomic E-state index is 0.202. The van der Waals surface area contributed by atoms with Gasteiger partial charge in [0.15, 0.2) is 9.84 Å². The van der Waals surface area contributed by atoms with Gasteiger partial charge in [-0.3, -0.25) is 0 Å². The van der Waals surface area contributed by atoms with Gasteiger partial charge in [-0.1, -0.05) is 13.8 Å². The lowest BCUT2D eigenvalue weighted by atomic mass is 10.3. The van der Waals surface area contributed by atoms with Crippen LogP contribution in [-0.4, -0.2) is 43.5 Å². The third-order valence-corrected chi connectivity index (χ3v) is 5.09. The Kier molecular flexibility index (Phi) is 4.73. The molecule has 0 aliphatic carbocycles. The lowest BCUT2D eigenvalue weighted by Crippen LogP contribution is -2.31. The summed E-state index contributed by atoms with van der Waals surface area (Å²) in [4.78, 5) is 0. The van der Waals surface area contributed by atoms with Gasteiger partial charge in [-0.2, -0.15) is 11.8 Å². The third-order valence-electron chi connectivity index (χ3n) is 2.22. The van der Waals surface area contributed by atoms with Gasteiger partial charge in [-0.05, 0) is 11.7 Å². The Morgan fingerprint density at radius 2 is 2.21 bits per heavy atom. The average molecular weight is 237 g/mol. The van der Waals surface area contributed by atoms with Crippen LogP contribution in [0, 0.1) is 0 Å². The molecule has 0 saturated carbocycles. The molecule has 1 heterocycles. The number of rotatable bonds is 5. The largest absolute Gasteiger partial charge is 0.312 e. The topological polar surface area (TPSA) is 46.2 Å². The van der Waals surface area contributed by atoms with E-state index >= 15 is 0 Å². The van der Waals surface area contributed by atoms with Crippen molar-refractivity contribution in [3.05, 3.63) is 0 Å². The van der Waals surface area contributed by atoms with Crippen LogP contribution in [-0.2, 0) is 9.84 Å². The first-order valence-electron chi connectivity index (χ1n) is 5.05. The summed E-state index contributed by atoms with van der Waals surface area (Å²) in [6.45, 7) is 5.26. The second-order valence-corrected chi connectivity index (χ2v) is 7.89. The average Bonchev–Trinajstić information content (AvgIpc) is 2.39. The van der Waals surface area contributed by atoms with Crippen molar-refractivity contribution in [3.8, 4) is 0 Å². The predicted octanol–water partition coefficient (Wildman–Crippen LogP) is 0.905. The van der Waals surface area contributed by atoms with Crippen LogP contribution in [0.15, 0.2) is 0 Å². The van der Waals surface area contributed by atoms with Crippen LogP contribution in [0.5, 0.6) is 0 Å². The molecule has 3 nitrogen and oxygen atoms in total. The standard InChI is InChI=1S/C9H19NO2S2/c1-8(2)13-5-4-10-9-3-6-14(11,12)7-9/h8-10H,3-7H2,1-2H3. The smallest absolute Gasteiger partial charge is 0.151 e. The quantitative estimate of drug-likeness (QED) is 0.722. The molecular weight excluding hydrogens is 218 g/mol. The van der Waals surface area contributed by atoms with E-state index in [1.54, 1.807) is 0 Å². The highest BCUT2D eigenvalue weighted by Gasteiger charge is 2.26. The molecule has 1 rings (SSSR count). The molecule has 0 aromatic rings. The molecule has 0 aromatic carbocycles. The zero-order valence-corrected chi connectivity index (χ0v) is 10.5. The van der Waals surface area contributed by atoms with Crippen molar-refractivity contribution in [2.24, 2.45) is 0 Å². The first kappa shape index (κ1) is 12.3. The van der Waals surface area contributed by atoms with E-state index in [0.29, 0.717) is 16.8 Å². The van der Waals surface area contributed by atoms with Crippen LogP contribution in [0.2, 0.25) is 0 Å². The Morgan fingerprint density at radius 3 is 2.71 bits per heavy atom. The van der Waals surface area contributed by atoms with E-state index in [0.717, 1.165) is 18.7 Å². The molecule has 14 heavy (non-hydrogen) atoms. The van der Waals surface area contributed by atoms with Crippen molar-refractivity contribution < 1.29 is 8.42 Å². The summed E-state index contributed by atoms with van der Waals surface area (Å²) in [5.41, 5.74) is 0. The van der Waals surface area contributed by atoms with Gasteiger partial charge in [0.2, 0.25) is 0 Å². The zero-order chi connectivity index (χ0) is 10.6. The van der Waals surface area contributed by atoms with Gasteiger partial charge in [0.1, 0.15) is 0 Å². The molecule has 0 amide bonds. The van der Waals surface area contributed by atoms with Crippen LogP contribution in [0.3, 0.4) is 0 Å². The maximum Gasteiger partial charge on any atom is 0.151 e. The summed E-state index contributed by atoms with van der Waals surface area (Å²) in [6.07, 6.45) is 0.786. The van der Waals surface area contributed by atoms with Crippen molar-refractivity contribution in [1.29, 1.82) is 0 Å². The molecule has 1 aliphatic rings. The summed E-state index contributed by atoms with van der Waals surface area (Å²) < 4.78 is 22.3. The summed E-state index contributed by atoms with van der Waals surface area (Å²) in [5.74, 6) is 1.76. The molecular formula is C9H19NO2S2. The molecule has 1 atom stereocenters. The van der Waals surface area contributed by atoms with E-state index in [-0.39, 0.29) is 6.04 Å². The first-order valence-corrected chi connectivity index (χ1v) is 7.92. The van der Waals surface area contributed by atoms with Gasteiger partial charge in [0.05, 0.1) is 11.5 Å². The third kappa shape index (κ3) is 4.66. The van der Waals surface area contributed by atoms with Crippen molar-refractivity contribution in [3.63, 3.8) is 0 Å². The molecule has 0 radical (unpaired) electrons. The maximum absolute atomic E-state index is 11.1. The Hall–Kier alpha value is 0.260. The highest BCUT2D eigenvalue weighted by molar-refractivity contribution is 7.99. The van der Waals surface area contributed by atoms with Gasteiger partial charge in [-0.25, -0.2) is 8.42 Å². The van der Waals surface area contributed by atoms with Gasteiger partial charge in [-0.15, -0.1) is 0 Å². The predicted molar refractivity (Wildman–Crippen MR) is 62.7 cm³/mol. The van der Waals surface area contributed by atoms with E-state index < -0.39 is 9.84 Å². The molecule has 0 spiro atoms. The molecule has 1 aliphatic heterocycles. The highest BCUT2D eigenvalue weighted by atomic mass is 32.2. The van der Waals surface area contributed by atoms with E-state index in [4.69, 9.17) is 0 Å². The summed E-state index contributed by atoms with van der Waals surface area (Å²) in [5, 5.41) is 3.95. The normalized spacial score (nSPS) is 25.8. The number of thioether (sulfide) groups is 1. The molecule has 1 fully saturated rings. The van der Waals surface area contributed by atoms with Crippen LogP contribution in [0.25, 0.3) is 0 Å². The SMILES string of the molecule is CC(C)SCCNC1CCS(=O)(=O)C1. The monoisotopic (exact) mass is 237 g/mol. The van der Waals surface area contributed by atoms with E-state index in [2.05, 4.69) is 19.2 Å². The van der Waals surface area contributed by atoms with E-state index in [1.165, 1.54) is 0 Å². The minimum Gasteiger partial charge on any atom is -0.312 e. The van der Waals surface area contributed by atoms with Gasteiger partial charge >= 0.3 is 0 Å². The van der Waals surface area contributed by atoms with Crippen molar-refractivity contribution in [2.75, 3.05) is 23.8 Å². The lowest BCUT2D eigenvalue weighted by molar-refractivity contribution is 0.574. The molecule has 5 heteroatoms. The van der Waals surface area contributed by atoms with Crippen molar-refractivity contribution in [1.82, 2.24) is 5.32 Å². The summed E-state index contributed by atoms with van der Waals surface area (Å²) >= 11 is 1.90. The zero-order valence-electron chi connectivity index (χ0n) is 8.82. The van der Waals surface area contributed by atoms with Crippen LogP contribution in [0.1, 0.15) is 20.3 Å². The van der Waals surface area contributed by atoms with Gasteiger partial charge in [0, 0.05) is 18.3 Å². The van der Waals surface area contributed by atoms with Gasteiger partial charge < -0.3 is 5.32 Å². The fourth-order valence-corrected chi connectivity index (χ4v) is 3.93. The van der Waals surface area contributed by atoms with Crippen LogP contribution in [0.4, 0.5) is 0 Å². The highest BCUT2D eigenvalue weighted by Crippen LogP contribution is 2.12. The Morgan fingerprint density at radius 1 is 1.50 bits per heavy atom. The maximum atomic E-state index is 11.1. The van der Waals surface area contributed by atoms with Crippen LogP contribution >= 0.6 is 11.8 Å². The summed E-state index contributed by atoms with van der Waals surface area (Å²) in [7, 11) is -2.72. The van der Waals surface area contributed by atoms with Gasteiger partial charge in [0.25, 0.3) is 0 Å². The first-order chi connectivity index (χ1) is 6.49. The Balaban J connectivity index is 2.09.